The highest BCUT2D eigenvalue weighted by atomic mass is 32.2. The van der Waals surface area contributed by atoms with Crippen LogP contribution in [0.25, 0.3) is 10.9 Å². The second-order valence-electron chi connectivity index (χ2n) is 34.7. The van der Waals surface area contributed by atoms with Crippen molar-refractivity contribution in [3.63, 3.8) is 0 Å². The number of fused-ring (bicyclic) bond motifs is 3. The molecule has 15 atom stereocenters. The average Bonchev–Trinajstić information content (AvgIpc) is 1.56. The molecule has 41 heteroatoms. The van der Waals surface area contributed by atoms with Crippen molar-refractivity contribution < 1.29 is 116 Å². The van der Waals surface area contributed by atoms with Gasteiger partial charge in [0.1, 0.15) is 84.3 Å². The number of benzene rings is 5. The minimum atomic E-state index is -2.06. The van der Waals surface area contributed by atoms with E-state index in [1.807, 2.05) is 0 Å². The minimum absolute atomic E-state index is 0.0347. The zero-order chi connectivity index (χ0) is 98.1. The summed E-state index contributed by atoms with van der Waals surface area (Å²) in [6, 6.07) is 9.13. The van der Waals surface area contributed by atoms with Crippen LogP contribution in [0.2, 0.25) is 0 Å². The summed E-state index contributed by atoms with van der Waals surface area (Å²) in [5.41, 5.74) is 7.63. The van der Waals surface area contributed by atoms with Crippen LogP contribution in [0, 0.1) is 23.5 Å². The second kappa shape index (κ2) is 48.8. The topological polar surface area (TPSA) is 558 Å². The second-order valence-corrected chi connectivity index (χ2v) is 35.7. The smallest absolute Gasteiger partial charge is 0.305 e. The molecule has 4 heterocycles. The number of aromatic hydroxyl groups is 1. The van der Waals surface area contributed by atoms with E-state index in [9.17, 15) is 63.5 Å². The Kier molecular flexibility index (Phi) is 38.0. The first-order chi connectivity index (χ1) is 63.6. The van der Waals surface area contributed by atoms with Crippen LogP contribution >= 0.6 is 11.8 Å². The fourth-order valence-corrected chi connectivity index (χ4v) is 17.3. The molecular weight excluding hydrogens is 1760 g/mol. The standard InChI is InChI=1S/C93H118F2N16O22S/c1-9-10-25-71-92(132)111-47-59(114)42-74(111)88(128)104-68(43-79(119)120)85(125)106-80(51(4)5)93(133)108(7)72(38-52-19-13-11-14-20-52)86(126)100-64(32-33-78(117)118)90(130)110-46-58(113)41-73(110)87(127)103-67(40-56-44-97-63-24-18-17-23-60(56)63)84(124)102-66(36-54-26-29-57(112)30-27-54)83(123)101-65(34-50(2)3)82(122)105-70(81(121)98-45-76(96)115)48-134-49-77(116)99-69(37-55-28-31-61(94)62(95)35-55)89(129)109(8)75(91(131)107(71)6)39-53-21-15-12-16-22-53/h11-24,26-31,35,44,50-51,58-59,64-75,80,97,112-114H,9-10,25,32-34,36-43,45-49H2,1-8H3,(H2,96,115)(H,98,121)(H,99,116)(H,100,126)(H,101,123)(H,102,124)(H,103,127)(H,104,128)(H,105,122)(H,106,125)(H,117,118)(H,119,120)/t58-,59-,64-,65+,66-,67-,68-,69+,70-,71-,72+,73+,74+,75-,80-/m0/s1. The summed E-state index contributed by atoms with van der Waals surface area (Å²) in [7, 11) is 3.66. The molecule has 6 aromatic rings. The number of H-pyrrole nitrogens is 1. The monoisotopic (exact) mass is 1880 g/mol. The fourth-order valence-electron chi connectivity index (χ4n) is 16.4. The quantitative estimate of drug-likeness (QED) is 0.0393. The van der Waals surface area contributed by atoms with Crippen molar-refractivity contribution in [2.75, 3.05) is 52.3 Å². The van der Waals surface area contributed by atoms with Crippen molar-refractivity contribution in [1.29, 1.82) is 0 Å². The molecule has 134 heavy (non-hydrogen) atoms. The summed E-state index contributed by atoms with van der Waals surface area (Å²) in [4.78, 5) is 258. The SMILES string of the molecule is CCCC[C@H]1C(=O)N2C[C@@H](O)C[C@@H]2C(=O)N[C@@H](CC(=O)O)C(=O)N[C@@H](C(C)C)C(=O)N(C)[C@H](Cc2ccccc2)C(=O)N[C@@H](CCC(=O)O)C(=O)N2C[C@@H](O)C[C@@H]2C(=O)N[C@@H](Cc2c[nH]c3ccccc23)C(=O)N[C@@H](Cc2ccc(O)cc2)C(=O)N[C@H](CC(C)C)C(=O)N[C@H](C(=O)NCC(N)=O)CSCC(=O)N[C@H](Cc2ccc(F)c(F)c2)C(=O)N(C)[C@@H](Cc2ccccc2)C(=O)N1C. The van der Waals surface area contributed by atoms with Crippen LogP contribution in [0.3, 0.4) is 0 Å². The Hall–Kier alpha value is -13.4. The number of aliphatic hydroxyl groups is 2. The number of aromatic amines is 1. The molecule has 0 aliphatic carbocycles. The molecule has 0 bridgehead atoms. The first-order valence-electron chi connectivity index (χ1n) is 44.2. The lowest BCUT2D eigenvalue weighted by atomic mass is 9.98. The largest absolute Gasteiger partial charge is 0.508 e. The molecular formula is C93H118F2N16O22S. The number of aliphatic hydroxyl groups excluding tert-OH is 2. The van der Waals surface area contributed by atoms with Crippen molar-refractivity contribution in [1.82, 2.24) is 77.3 Å². The van der Waals surface area contributed by atoms with Gasteiger partial charge in [-0.2, -0.15) is 0 Å². The van der Waals surface area contributed by atoms with E-state index >= 15 is 52.3 Å². The maximum Gasteiger partial charge on any atom is 0.305 e. The first-order valence-corrected chi connectivity index (χ1v) is 45.4. The number of thioether (sulfide) groups is 1. The predicted octanol–water partition coefficient (Wildman–Crippen LogP) is 0.528. The number of nitrogens with one attached hydrogen (secondary N) is 10. The zero-order valence-corrected chi connectivity index (χ0v) is 76.4. The molecule has 17 N–H and O–H groups in total. The third kappa shape index (κ3) is 29.0. The Labute approximate surface area is 776 Å². The Bertz CT molecular complexity index is 5230. The number of carbonyl (C=O) groups is 17. The van der Waals surface area contributed by atoms with Gasteiger partial charge in [0.05, 0.1) is 30.9 Å². The van der Waals surface area contributed by atoms with Crippen LogP contribution in [-0.4, -0.2) is 299 Å². The number of amides is 15. The molecule has 3 aliphatic heterocycles. The van der Waals surface area contributed by atoms with E-state index in [4.69, 9.17) is 5.73 Å². The Morgan fingerprint density at radius 3 is 1.60 bits per heavy atom. The molecule has 3 aliphatic rings. The van der Waals surface area contributed by atoms with Gasteiger partial charge in [-0.15, -0.1) is 11.8 Å². The van der Waals surface area contributed by atoms with Crippen molar-refractivity contribution in [3.8, 4) is 5.75 Å². The number of carboxylic acid groups (broad SMARTS) is 2. The van der Waals surface area contributed by atoms with Gasteiger partial charge < -0.3 is 109 Å². The number of aliphatic carboxylic acids is 2. The van der Waals surface area contributed by atoms with Gasteiger partial charge in [0, 0.05) is 108 Å². The minimum Gasteiger partial charge on any atom is -0.508 e. The van der Waals surface area contributed by atoms with Crippen LogP contribution in [0.1, 0.15) is 120 Å². The maximum absolute atomic E-state index is 15.7. The number of phenols is 1. The van der Waals surface area contributed by atoms with E-state index in [1.165, 1.54) is 59.3 Å². The molecule has 722 valence electrons. The number of aromatic nitrogens is 1. The molecule has 38 nitrogen and oxygen atoms in total. The number of halogens is 2. The molecule has 3 saturated heterocycles. The molecule has 9 rings (SSSR count). The van der Waals surface area contributed by atoms with E-state index in [0.717, 1.165) is 42.7 Å². The van der Waals surface area contributed by atoms with Crippen LogP contribution in [0.5, 0.6) is 5.75 Å². The Morgan fingerprint density at radius 2 is 1.02 bits per heavy atom. The molecule has 1 aromatic heterocycles. The summed E-state index contributed by atoms with van der Waals surface area (Å²) < 4.78 is 29.8. The van der Waals surface area contributed by atoms with E-state index in [1.54, 1.807) is 112 Å². The van der Waals surface area contributed by atoms with Crippen LogP contribution in [0.4, 0.5) is 8.78 Å². The lowest BCUT2D eigenvalue weighted by Crippen LogP contribution is -2.62. The lowest BCUT2D eigenvalue weighted by Gasteiger charge is -2.38. The Balaban J connectivity index is 1.14. The lowest BCUT2D eigenvalue weighted by molar-refractivity contribution is -0.152. The van der Waals surface area contributed by atoms with Crippen LogP contribution in [-0.2, 0) is 114 Å². The normalized spacial score (nSPS) is 24.6. The highest BCUT2D eigenvalue weighted by Crippen LogP contribution is 2.29. The number of phenolic OH excluding ortho intramolecular Hbond substituents is 1. The average molecular weight is 1880 g/mol. The van der Waals surface area contributed by atoms with Gasteiger partial charge in [0.15, 0.2) is 11.6 Å². The van der Waals surface area contributed by atoms with E-state index < -0.39 is 284 Å². The van der Waals surface area contributed by atoms with Crippen molar-refractivity contribution in [2.24, 2.45) is 17.6 Å². The summed E-state index contributed by atoms with van der Waals surface area (Å²) in [5.74, 6) is -24.1. The van der Waals surface area contributed by atoms with Gasteiger partial charge in [-0.1, -0.05) is 145 Å². The third-order valence-electron chi connectivity index (χ3n) is 23.7. The molecule has 0 radical (unpaired) electrons. The zero-order valence-electron chi connectivity index (χ0n) is 75.6. The number of carbonyl (C=O) groups excluding carboxylic acids is 15. The number of unbranched alkanes of at least 4 members (excludes halogenated alkanes) is 1. The van der Waals surface area contributed by atoms with Gasteiger partial charge in [-0.25, -0.2) is 8.78 Å². The predicted molar refractivity (Wildman–Crippen MR) is 484 cm³/mol. The van der Waals surface area contributed by atoms with Gasteiger partial charge in [0.2, 0.25) is 88.6 Å². The van der Waals surface area contributed by atoms with Gasteiger partial charge in [-0.05, 0) is 89.2 Å². The molecule has 15 amide bonds. The van der Waals surface area contributed by atoms with Crippen LogP contribution < -0.4 is 53.6 Å². The summed E-state index contributed by atoms with van der Waals surface area (Å²) in [5, 5.41) is 77.6. The number of hydrogen-bond donors (Lipinski definition) is 16. The number of nitrogens with two attached hydrogens (primary N) is 1. The van der Waals surface area contributed by atoms with Gasteiger partial charge in [-0.3, -0.25) is 81.5 Å². The number of hydrogen-bond acceptors (Lipinski definition) is 21. The number of para-hydroxylation sites is 1. The number of nitrogens with zero attached hydrogens (tertiary/aromatic N) is 5. The summed E-state index contributed by atoms with van der Waals surface area (Å²) in [6.45, 7) is 6.21. The van der Waals surface area contributed by atoms with Crippen molar-refractivity contribution >= 4 is 123 Å². The summed E-state index contributed by atoms with van der Waals surface area (Å²) >= 11 is 0.697. The van der Waals surface area contributed by atoms with E-state index in [-0.39, 0.29) is 56.3 Å². The van der Waals surface area contributed by atoms with E-state index in [2.05, 4.69) is 52.8 Å². The van der Waals surface area contributed by atoms with Crippen molar-refractivity contribution in [3.05, 3.63) is 173 Å². The summed E-state index contributed by atoms with van der Waals surface area (Å²) in [6.07, 6.45) is -6.58. The van der Waals surface area contributed by atoms with Gasteiger partial charge >= 0.3 is 11.9 Å². The molecule has 0 spiro atoms. The van der Waals surface area contributed by atoms with Crippen LogP contribution in [0.15, 0.2) is 134 Å². The molecule has 5 aromatic carbocycles. The first kappa shape index (κ1) is 104. The van der Waals surface area contributed by atoms with Gasteiger partial charge in [0.25, 0.3) is 0 Å². The fraction of sp³-hybridized carbons (Fsp3) is 0.473. The highest BCUT2D eigenvalue weighted by molar-refractivity contribution is 8.00. The maximum atomic E-state index is 15.7. The number of primary amides is 1. The number of rotatable bonds is 24. The van der Waals surface area contributed by atoms with E-state index in [0.29, 0.717) is 51.3 Å². The molecule has 0 saturated carbocycles. The molecule has 3 fully saturated rings. The number of likely N-dealkylation sites (N-methyl/N-ethyl adjacent to an activating group) is 3. The third-order valence-corrected chi connectivity index (χ3v) is 24.7. The highest BCUT2D eigenvalue weighted by Gasteiger charge is 2.48. The molecule has 0 unspecified atom stereocenters. The Morgan fingerprint density at radius 1 is 0.507 bits per heavy atom. The van der Waals surface area contributed by atoms with Crippen molar-refractivity contribution in [2.45, 2.75) is 215 Å². The number of carboxylic acids is 2.